The molecule has 0 aromatic carbocycles. The Morgan fingerprint density at radius 2 is 2.08 bits per heavy atom. The second kappa shape index (κ2) is 3.84. The molecule has 0 spiro atoms. The van der Waals surface area contributed by atoms with Crippen LogP contribution in [0.5, 0.6) is 0 Å². The van der Waals surface area contributed by atoms with Crippen molar-refractivity contribution in [1.82, 2.24) is 5.32 Å². The second-order valence-electron chi connectivity index (χ2n) is 4.38. The number of hydrogen-bond acceptors (Lipinski definition) is 2. The summed E-state index contributed by atoms with van der Waals surface area (Å²) in [5.74, 6) is 0.0219. The van der Waals surface area contributed by atoms with Crippen molar-refractivity contribution < 1.29 is 9.53 Å². The number of rotatable bonds is 1. The average Bonchev–Trinajstić information content (AvgIpc) is 2.34. The van der Waals surface area contributed by atoms with Crippen molar-refractivity contribution >= 4 is 17.5 Å². The smallest absolute Gasteiger partial charge is 0.225 e. The first kappa shape index (κ1) is 10.8. The van der Waals surface area contributed by atoms with Gasteiger partial charge in [-0.1, -0.05) is 20.8 Å². The lowest BCUT2D eigenvalue weighted by Gasteiger charge is -2.22. The summed E-state index contributed by atoms with van der Waals surface area (Å²) in [6, 6.07) is -0.0339. The van der Waals surface area contributed by atoms with Crippen LogP contribution in [0.1, 0.15) is 20.8 Å². The number of nitrogens with one attached hydrogen (secondary N) is 1. The summed E-state index contributed by atoms with van der Waals surface area (Å²) < 4.78 is 5.14. The molecule has 2 unspecified atom stereocenters. The van der Waals surface area contributed by atoms with Gasteiger partial charge >= 0.3 is 0 Å². The summed E-state index contributed by atoms with van der Waals surface area (Å²) in [5.41, 5.74) is -0.362. The van der Waals surface area contributed by atoms with Crippen LogP contribution in [0.2, 0.25) is 0 Å². The number of amides is 1. The fourth-order valence-corrected chi connectivity index (χ4v) is 1.27. The molecule has 3 nitrogen and oxygen atoms in total. The van der Waals surface area contributed by atoms with Crippen molar-refractivity contribution in [3.63, 3.8) is 0 Å². The monoisotopic (exact) mass is 205 g/mol. The van der Waals surface area contributed by atoms with E-state index in [9.17, 15) is 4.79 Å². The van der Waals surface area contributed by atoms with Gasteiger partial charge in [-0.25, -0.2) is 0 Å². The SMILES string of the molecule is CC(C)(C)C(=O)NC1COCC1Cl. The summed E-state index contributed by atoms with van der Waals surface area (Å²) >= 11 is 5.93. The van der Waals surface area contributed by atoms with Crippen LogP contribution in [0.25, 0.3) is 0 Å². The maximum Gasteiger partial charge on any atom is 0.225 e. The molecule has 1 rings (SSSR count). The molecular weight excluding hydrogens is 190 g/mol. The molecule has 0 radical (unpaired) electrons. The topological polar surface area (TPSA) is 38.3 Å². The molecule has 1 saturated heterocycles. The zero-order chi connectivity index (χ0) is 10.1. The maximum absolute atomic E-state index is 11.5. The number of ether oxygens (including phenoxy) is 1. The minimum absolute atomic E-state index is 0.0219. The molecular formula is C9H16ClNO2. The second-order valence-corrected chi connectivity index (χ2v) is 4.94. The van der Waals surface area contributed by atoms with Gasteiger partial charge < -0.3 is 10.1 Å². The highest BCUT2D eigenvalue weighted by Gasteiger charge is 2.31. The van der Waals surface area contributed by atoms with Crippen molar-refractivity contribution in [2.45, 2.75) is 32.2 Å². The number of carbonyl (C=O) groups is 1. The van der Waals surface area contributed by atoms with E-state index in [1.54, 1.807) is 0 Å². The summed E-state index contributed by atoms with van der Waals surface area (Å²) in [6.07, 6.45) is 0. The van der Waals surface area contributed by atoms with Crippen LogP contribution in [0.4, 0.5) is 0 Å². The number of carbonyl (C=O) groups excluding carboxylic acids is 1. The molecule has 1 heterocycles. The summed E-state index contributed by atoms with van der Waals surface area (Å²) in [6.45, 7) is 6.68. The summed E-state index contributed by atoms with van der Waals surface area (Å²) in [4.78, 5) is 11.5. The van der Waals surface area contributed by atoms with Gasteiger partial charge in [0.05, 0.1) is 24.6 Å². The van der Waals surface area contributed by atoms with Gasteiger partial charge in [-0.2, -0.15) is 0 Å². The van der Waals surface area contributed by atoms with Crippen molar-refractivity contribution in [2.24, 2.45) is 5.41 Å². The predicted octanol–water partition coefficient (Wildman–Crippen LogP) is 1.15. The predicted molar refractivity (Wildman–Crippen MR) is 51.8 cm³/mol. The largest absolute Gasteiger partial charge is 0.378 e. The molecule has 0 aliphatic carbocycles. The molecule has 13 heavy (non-hydrogen) atoms. The molecule has 1 aliphatic heterocycles. The van der Waals surface area contributed by atoms with E-state index in [0.29, 0.717) is 13.2 Å². The molecule has 0 saturated carbocycles. The zero-order valence-corrected chi connectivity index (χ0v) is 9.02. The Labute approximate surface area is 83.8 Å². The van der Waals surface area contributed by atoms with Crippen LogP contribution in [0.3, 0.4) is 0 Å². The third-order valence-corrected chi connectivity index (χ3v) is 2.44. The minimum atomic E-state index is -0.362. The first-order valence-corrected chi connectivity index (χ1v) is 4.87. The van der Waals surface area contributed by atoms with Gasteiger partial charge in [0.15, 0.2) is 0 Å². The van der Waals surface area contributed by atoms with E-state index < -0.39 is 0 Å². The molecule has 4 heteroatoms. The molecule has 2 atom stereocenters. The van der Waals surface area contributed by atoms with Crippen LogP contribution in [-0.2, 0) is 9.53 Å². The quantitative estimate of drug-likeness (QED) is 0.653. The van der Waals surface area contributed by atoms with Crippen LogP contribution in [-0.4, -0.2) is 30.5 Å². The molecule has 0 aromatic heterocycles. The van der Waals surface area contributed by atoms with E-state index in [0.717, 1.165) is 0 Å². The van der Waals surface area contributed by atoms with Gasteiger partial charge in [0, 0.05) is 5.41 Å². The van der Waals surface area contributed by atoms with E-state index in [-0.39, 0.29) is 22.7 Å². The van der Waals surface area contributed by atoms with Gasteiger partial charge in [0.1, 0.15) is 0 Å². The Hall–Kier alpha value is -0.280. The van der Waals surface area contributed by atoms with E-state index in [1.165, 1.54) is 0 Å². The summed E-state index contributed by atoms with van der Waals surface area (Å²) in [5, 5.41) is 2.78. The fourth-order valence-electron chi connectivity index (χ4n) is 1.05. The normalized spacial score (nSPS) is 28.9. The van der Waals surface area contributed by atoms with Gasteiger partial charge in [0.25, 0.3) is 0 Å². The van der Waals surface area contributed by atoms with Crippen LogP contribution < -0.4 is 5.32 Å². The molecule has 0 bridgehead atoms. The third-order valence-electron chi connectivity index (χ3n) is 2.01. The average molecular weight is 206 g/mol. The van der Waals surface area contributed by atoms with Gasteiger partial charge in [-0.05, 0) is 0 Å². The lowest BCUT2D eigenvalue weighted by Crippen LogP contribution is -2.45. The van der Waals surface area contributed by atoms with Crippen molar-refractivity contribution in [1.29, 1.82) is 0 Å². The number of hydrogen-bond donors (Lipinski definition) is 1. The highest BCUT2D eigenvalue weighted by atomic mass is 35.5. The van der Waals surface area contributed by atoms with Crippen LogP contribution in [0, 0.1) is 5.41 Å². The van der Waals surface area contributed by atoms with Crippen molar-refractivity contribution in [3.8, 4) is 0 Å². The van der Waals surface area contributed by atoms with Crippen LogP contribution >= 0.6 is 11.6 Å². The van der Waals surface area contributed by atoms with Crippen molar-refractivity contribution in [3.05, 3.63) is 0 Å². The molecule has 76 valence electrons. The van der Waals surface area contributed by atoms with E-state index in [1.807, 2.05) is 20.8 Å². The molecule has 1 N–H and O–H groups in total. The van der Waals surface area contributed by atoms with Gasteiger partial charge in [-0.15, -0.1) is 11.6 Å². The lowest BCUT2D eigenvalue weighted by atomic mass is 9.95. The Morgan fingerprint density at radius 1 is 1.46 bits per heavy atom. The first-order valence-electron chi connectivity index (χ1n) is 4.44. The summed E-state index contributed by atoms with van der Waals surface area (Å²) in [7, 11) is 0. The minimum Gasteiger partial charge on any atom is -0.378 e. The van der Waals surface area contributed by atoms with E-state index in [2.05, 4.69) is 5.32 Å². The molecule has 1 amide bonds. The van der Waals surface area contributed by atoms with Crippen molar-refractivity contribution in [2.75, 3.05) is 13.2 Å². The fraction of sp³-hybridized carbons (Fsp3) is 0.889. The number of halogens is 1. The third kappa shape index (κ3) is 2.85. The lowest BCUT2D eigenvalue weighted by molar-refractivity contribution is -0.129. The Bertz CT molecular complexity index is 200. The van der Waals surface area contributed by atoms with E-state index in [4.69, 9.17) is 16.3 Å². The van der Waals surface area contributed by atoms with E-state index >= 15 is 0 Å². The highest BCUT2D eigenvalue weighted by Crippen LogP contribution is 2.17. The molecule has 0 aromatic rings. The standard InChI is InChI=1S/C9H16ClNO2/c1-9(2,3)8(12)11-7-5-13-4-6(7)10/h6-7H,4-5H2,1-3H3,(H,11,12). The number of alkyl halides is 1. The highest BCUT2D eigenvalue weighted by molar-refractivity contribution is 6.21. The maximum atomic E-state index is 11.5. The molecule has 1 fully saturated rings. The van der Waals surface area contributed by atoms with Gasteiger partial charge in [-0.3, -0.25) is 4.79 Å². The molecule has 1 aliphatic rings. The Kier molecular flexibility index (Phi) is 3.19. The van der Waals surface area contributed by atoms with Crippen LogP contribution in [0.15, 0.2) is 0 Å². The van der Waals surface area contributed by atoms with Gasteiger partial charge in [0.2, 0.25) is 5.91 Å². The Morgan fingerprint density at radius 3 is 2.46 bits per heavy atom. The first-order chi connectivity index (χ1) is 5.91. The zero-order valence-electron chi connectivity index (χ0n) is 8.26. The Balaban J connectivity index is 2.45.